The summed E-state index contributed by atoms with van der Waals surface area (Å²) in [5, 5.41) is 14.8. The lowest BCUT2D eigenvalue weighted by molar-refractivity contribution is 0.0917. The van der Waals surface area contributed by atoms with Crippen LogP contribution in [0.15, 0.2) is 24.3 Å². The van der Waals surface area contributed by atoms with Crippen LogP contribution in [0.2, 0.25) is 0 Å². The Labute approximate surface area is 148 Å². The number of likely N-dealkylation sites (tertiary alicyclic amines) is 1. The van der Waals surface area contributed by atoms with Crippen LogP contribution in [0.25, 0.3) is 0 Å². The van der Waals surface area contributed by atoms with Crippen molar-refractivity contribution in [3.05, 3.63) is 24.3 Å². The van der Waals surface area contributed by atoms with Gasteiger partial charge in [0.2, 0.25) is 10.0 Å². The van der Waals surface area contributed by atoms with E-state index in [0.29, 0.717) is 24.5 Å². The summed E-state index contributed by atoms with van der Waals surface area (Å²) in [6, 6.07) is 6.32. The molecule has 0 bridgehead atoms. The summed E-state index contributed by atoms with van der Waals surface area (Å²) >= 11 is 0. The first-order chi connectivity index (χ1) is 11.9. The standard InChI is InChI=1S/C16H26N4O4S/c1-25(23,24)19-14-6-4-5-13(11-14)18-16(22)17-8-10-20-9-3-2-7-15(20)12-21/h4-6,11,15,19,21H,2-3,7-10,12H2,1H3,(H2,17,18,22)/t15-/m1/s1. The molecular formula is C16H26N4O4S. The largest absolute Gasteiger partial charge is 0.395 e. The van der Waals surface area contributed by atoms with E-state index >= 15 is 0 Å². The van der Waals surface area contributed by atoms with Gasteiger partial charge >= 0.3 is 6.03 Å². The number of aliphatic hydroxyl groups excluding tert-OH is 1. The first kappa shape index (κ1) is 19.5. The highest BCUT2D eigenvalue weighted by atomic mass is 32.2. The molecule has 0 unspecified atom stereocenters. The lowest BCUT2D eigenvalue weighted by Gasteiger charge is -2.34. The van der Waals surface area contributed by atoms with E-state index in [1.165, 1.54) is 0 Å². The summed E-state index contributed by atoms with van der Waals surface area (Å²) in [7, 11) is -3.36. The van der Waals surface area contributed by atoms with E-state index in [2.05, 4.69) is 20.3 Å². The van der Waals surface area contributed by atoms with Crippen molar-refractivity contribution in [3.63, 3.8) is 0 Å². The maximum absolute atomic E-state index is 12.0. The van der Waals surface area contributed by atoms with E-state index in [1.807, 2.05) is 0 Å². The molecule has 0 spiro atoms. The Hall–Kier alpha value is -1.84. The number of carbonyl (C=O) groups is 1. The average Bonchev–Trinajstić information content (AvgIpc) is 2.54. The second-order valence-electron chi connectivity index (χ2n) is 6.20. The first-order valence-electron chi connectivity index (χ1n) is 8.35. The number of aliphatic hydroxyl groups is 1. The normalized spacial score (nSPS) is 18.6. The Balaban J connectivity index is 1.79. The molecule has 1 saturated heterocycles. The molecule has 9 heteroatoms. The van der Waals surface area contributed by atoms with Crippen LogP contribution in [-0.4, -0.2) is 63.0 Å². The van der Waals surface area contributed by atoms with Crippen LogP contribution in [0.3, 0.4) is 0 Å². The van der Waals surface area contributed by atoms with E-state index in [1.54, 1.807) is 24.3 Å². The van der Waals surface area contributed by atoms with Gasteiger partial charge in [-0.25, -0.2) is 13.2 Å². The smallest absolute Gasteiger partial charge is 0.319 e. The number of piperidine rings is 1. The number of hydrogen-bond acceptors (Lipinski definition) is 5. The van der Waals surface area contributed by atoms with Crippen molar-refractivity contribution in [2.75, 3.05) is 42.5 Å². The number of amides is 2. The molecule has 0 aliphatic carbocycles. The molecule has 0 saturated carbocycles. The summed E-state index contributed by atoms with van der Waals surface area (Å²) in [6.45, 7) is 2.25. The molecular weight excluding hydrogens is 344 g/mol. The zero-order valence-electron chi connectivity index (χ0n) is 14.4. The summed E-state index contributed by atoms with van der Waals surface area (Å²) in [5.41, 5.74) is 0.886. The zero-order chi connectivity index (χ0) is 18.3. The van der Waals surface area contributed by atoms with Crippen molar-refractivity contribution in [3.8, 4) is 0 Å². The first-order valence-corrected chi connectivity index (χ1v) is 10.2. The SMILES string of the molecule is CS(=O)(=O)Nc1cccc(NC(=O)NCCN2CCCC[C@@H]2CO)c1. The predicted octanol–water partition coefficient (Wildman–Crippen LogP) is 1.03. The van der Waals surface area contributed by atoms with Gasteiger partial charge in [0.15, 0.2) is 0 Å². The van der Waals surface area contributed by atoms with Crippen molar-refractivity contribution in [1.29, 1.82) is 0 Å². The Bertz CT molecular complexity index is 680. The molecule has 1 atom stereocenters. The Kier molecular flexibility index (Phi) is 7.03. The molecule has 25 heavy (non-hydrogen) atoms. The zero-order valence-corrected chi connectivity index (χ0v) is 15.2. The molecule has 8 nitrogen and oxygen atoms in total. The second kappa shape index (κ2) is 9.02. The fourth-order valence-corrected chi connectivity index (χ4v) is 3.48. The lowest BCUT2D eigenvalue weighted by Crippen LogP contribution is -2.46. The molecule has 2 rings (SSSR count). The molecule has 2 amide bonds. The average molecular weight is 370 g/mol. The summed E-state index contributed by atoms with van der Waals surface area (Å²) in [4.78, 5) is 14.2. The number of anilines is 2. The van der Waals surface area contributed by atoms with E-state index in [-0.39, 0.29) is 18.7 Å². The third-order valence-corrected chi connectivity index (χ3v) is 4.67. The molecule has 4 N–H and O–H groups in total. The van der Waals surface area contributed by atoms with Crippen molar-refractivity contribution >= 4 is 27.4 Å². The van der Waals surface area contributed by atoms with Crippen LogP contribution in [0.1, 0.15) is 19.3 Å². The summed E-state index contributed by atoms with van der Waals surface area (Å²) in [6.07, 6.45) is 4.30. The highest BCUT2D eigenvalue weighted by Gasteiger charge is 2.20. The Morgan fingerprint density at radius 1 is 1.32 bits per heavy atom. The number of hydrogen-bond donors (Lipinski definition) is 4. The van der Waals surface area contributed by atoms with Gasteiger partial charge in [-0.1, -0.05) is 12.5 Å². The molecule has 0 aromatic heterocycles. The van der Waals surface area contributed by atoms with Crippen LogP contribution in [0.5, 0.6) is 0 Å². The fraction of sp³-hybridized carbons (Fsp3) is 0.562. The molecule has 1 aromatic carbocycles. The van der Waals surface area contributed by atoms with Crippen molar-refractivity contribution < 1.29 is 18.3 Å². The van der Waals surface area contributed by atoms with Crippen LogP contribution in [0, 0.1) is 0 Å². The highest BCUT2D eigenvalue weighted by molar-refractivity contribution is 7.92. The van der Waals surface area contributed by atoms with Crippen LogP contribution < -0.4 is 15.4 Å². The van der Waals surface area contributed by atoms with Crippen LogP contribution in [0.4, 0.5) is 16.2 Å². The second-order valence-corrected chi connectivity index (χ2v) is 7.95. The van der Waals surface area contributed by atoms with Gasteiger partial charge in [0.1, 0.15) is 0 Å². The minimum atomic E-state index is -3.36. The van der Waals surface area contributed by atoms with Crippen LogP contribution >= 0.6 is 0 Å². The maximum Gasteiger partial charge on any atom is 0.319 e. The highest BCUT2D eigenvalue weighted by Crippen LogP contribution is 2.17. The topological polar surface area (TPSA) is 111 Å². The maximum atomic E-state index is 12.0. The molecule has 1 aromatic rings. The predicted molar refractivity (Wildman–Crippen MR) is 98.2 cm³/mol. The van der Waals surface area contributed by atoms with Gasteiger partial charge in [-0.3, -0.25) is 9.62 Å². The number of carbonyl (C=O) groups excluding carboxylic acids is 1. The number of rotatable bonds is 7. The molecule has 1 fully saturated rings. The third-order valence-electron chi connectivity index (χ3n) is 4.07. The van der Waals surface area contributed by atoms with Gasteiger partial charge in [-0.15, -0.1) is 0 Å². The summed E-state index contributed by atoms with van der Waals surface area (Å²) < 4.78 is 24.9. The number of nitrogens with zero attached hydrogens (tertiary/aromatic N) is 1. The molecule has 140 valence electrons. The van der Waals surface area contributed by atoms with Crippen LogP contribution in [-0.2, 0) is 10.0 Å². The van der Waals surface area contributed by atoms with Gasteiger partial charge in [-0.05, 0) is 37.6 Å². The van der Waals surface area contributed by atoms with Crippen molar-refractivity contribution in [2.24, 2.45) is 0 Å². The molecule has 1 aliphatic heterocycles. The minimum Gasteiger partial charge on any atom is -0.395 e. The van der Waals surface area contributed by atoms with Crippen molar-refractivity contribution in [2.45, 2.75) is 25.3 Å². The van der Waals surface area contributed by atoms with Gasteiger partial charge < -0.3 is 15.7 Å². The van der Waals surface area contributed by atoms with E-state index in [0.717, 1.165) is 32.1 Å². The van der Waals surface area contributed by atoms with Gasteiger partial charge in [0.05, 0.1) is 18.6 Å². The molecule has 1 aliphatic rings. The molecule has 1 heterocycles. The minimum absolute atomic E-state index is 0.145. The van der Waals surface area contributed by atoms with Gasteiger partial charge in [-0.2, -0.15) is 0 Å². The number of urea groups is 1. The van der Waals surface area contributed by atoms with Gasteiger partial charge in [0, 0.05) is 24.8 Å². The number of nitrogens with one attached hydrogen (secondary N) is 3. The lowest BCUT2D eigenvalue weighted by atomic mass is 10.0. The monoisotopic (exact) mass is 370 g/mol. The fourth-order valence-electron chi connectivity index (χ4n) is 2.92. The van der Waals surface area contributed by atoms with E-state index in [4.69, 9.17) is 0 Å². The Morgan fingerprint density at radius 2 is 2.08 bits per heavy atom. The Morgan fingerprint density at radius 3 is 2.80 bits per heavy atom. The van der Waals surface area contributed by atoms with Crippen molar-refractivity contribution in [1.82, 2.24) is 10.2 Å². The quantitative estimate of drug-likeness (QED) is 0.573. The van der Waals surface area contributed by atoms with E-state index in [9.17, 15) is 18.3 Å². The van der Waals surface area contributed by atoms with Gasteiger partial charge in [0.25, 0.3) is 0 Å². The van der Waals surface area contributed by atoms with E-state index < -0.39 is 10.0 Å². The number of sulfonamides is 1. The number of benzene rings is 1. The summed E-state index contributed by atoms with van der Waals surface area (Å²) in [5.74, 6) is 0. The third kappa shape index (κ3) is 6.89. The molecule has 0 radical (unpaired) electrons.